The van der Waals surface area contributed by atoms with Gasteiger partial charge in [0.05, 0.1) is 5.69 Å². The van der Waals surface area contributed by atoms with Gasteiger partial charge >= 0.3 is 0 Å². The first-order chi connectivity index (χ1) is 14.0. The third kappa shape index (κ3) is 4.11. The van der Waals surface area contributed by atoms with E-state index < -0.39 is 0 Å². The van der Waals surface area contributed by atoms with Crippen molar-refractivity contribution in [2.75, 3.05) is 11.4 Å². The summed E-state index contributed by atoms with van der Waals surface area (Å²) in [5.41, 5.74) is 2.10. The predicted molar refractivity (Wildman–Crippen MR) is 111 cm³/mol. The number of amides is 2. The van der Waals surface area contributed by atoms with Crippen LogP contribution in [-0.4, -0.2) is 29.4 Å². The van der Waals surface area contributed by atoms with Crippen molar-refractivity contribution < 1.29 is 14.3 Å². The lowest BCUT2D eigenvalue weighted by Gasteiger charge is -2.30. The molecule has 1 aromatic heterocycles. The van der Waals surface area contributed by atoms with E-state index >= 15 is 0 Å². The van der Waals surface area contributed by atoms with Gasteiger partial charge in [0, 0.05) is 25.2 Å². The van der Waals surface area contributed by atoms with Crippen molar-refractivity contribution in [3.8, 4) is 11.6 Å². The van der Waals surface area contributed by atoms with Crippen LogP contribution >= 0.6 is 0 Å². The Morgan fingerprint density at radius 1 is 1.28 bits per heavy atom. The summed E-state index contributed by atoms with van der Waals surface area (Å²) in [5.74, 6) is 1.16. The van der Waals surface area contributed by atoms with Crippen molar-refractivity contribution >= 4 is 17.5 Å². The van der Waals surface area contributed by atoms with Gasteiger partial charge in [-0.1, -0.05) is 25.8 Å². The van der Waals surface area contributed by atoms with Crippen LogP contribution in [0.15, 0.2) is 36.5 Å². The second kappa shape index (κ2) is 8.23. The van der Waals surface area contributed by atoms with Crippen molar-refractivity contribution in [1.29, 1.82) is 0 Å². The van der Waals surface area contributed by atoms with E-state index in [1.54, 1.807) is 23.2 Å². The molecule has 1 aliphatic carbocycles. The largest absolute Gasteiger partial charge is 0.436 e. The van der Waals surface area contributed by atoms with Gasteiger partial charge in [-0.25, -0.2) is 4.98 Å². The molecule has 2 amide bonds. The summed E-state index contributed by atoms with van der Waals surface area (Å²) < 4.78 is 5.93. The lowest BCUT2D eigenvalue weighted by Crippen LogP contribution is -2.42. The molecule has 2 atom stereocenters. The Hall–Kier alpha value is -2.89. The Labute approximate surface area is 171 Å². The summed E-state index contributed by atoms with van der Waals surface area (Å²) in [5, 5.41) is 3.17. The summed E-state index contributed by atoms with van der Waals surface area (Å²) in [6, 6.07) is 9.36. The molecule has 2 aliphatic rings. The maximum atomic E-state index is 13.2. The molecule has 1 N–H and O–H groups in total. The second-order valence-corrected chi connectivity index (χ2v) is 8.07. The Morgan fingerprint density at radius 2 is 2.10 bits per heavy atom. The number of rotatable bonds is 4. The van der Waals surface area contributed by atoms with E-state index in [0.29, 0.717) is 35.3 Å². The molecule has 1 saturated carbocycles. The molecule has 6 nitrogen and oxygen atoms in total. The van der Waals surface area contributed by atoms with E-state index in [4.69, 9.17) is 4.74 Å². The zero-order valence-electron chi connectivity index (χ0n) is 17.0. The molecule has 0 spiro atoms. The van der Waals surface area contributed by atoms with Crippen LogP contribution in [0.5, 0.6) is 11.6 Å². The van der Waals surface area contributed by atoms with Gasteiger partial charge in [0.2, 0.25) is 11.8 Å². The number of carbonyl (C=O) groups excluding carboxylic acids is 2. The number of carbonyl (C=O) groups is 2. The number of nitrogens with zero attached hydrogens (tertiary/aromatic N) is 2. The molecular weight excluding hydrogens is 366 g/mol. The number of hydrogen-bond donors (Lipinski definition) is 1. The first-order valence-corrected chi connectivity index (χ1v) is 10.4. The molecule has 0 radical (unpaired) electrons. The highest BCUT2D eigenvalue weighted by Gasteiger charge is 2.30. The van der Waals surface area contributed by atoms with Gasteiger partial charge in [0.15, 0.2) is 5.75 Å². The maximum Gasteiger partial charge on any atom is 0.263 e. The number of ether oxygens (including phenoxy) is 1. The third-order valence-corrected chi connectivity index (χ3v) is 5.88. The van der Waals surface area contributed by atoms with Crippen LogP contribution in [0.1, 0.15) is 54.9 Å². The zero-order valence-corrected chi connectivity index (χ0v) is 17.0. The van der Waals surface area contributed by atoms with Crippen LogP contribution in [0.3, 0.4) is 0 Å². The second-order valence-electron chi connectivity index (χ2n) is 8.07. The van der Waals surface area contributed by atoms with Crippen LogP contribution in [0.25, 0.3) is 0 Å². The highest BCUT2D eigenvalue weighted by atomic mass is 16.5. The van der Waals surface area contributed by atoms with Gasteiger partial charge in [0.25, 0.3) is 5.91 Å². The lowest BCUT2D eigenvalue weighted by atomic mass is 9.86. The highest BCUT2D eigenvalue weighted by molar-refractivity contribution is 6.09. The van der Waals surface area contributed by atoms with Gasteiger partial charge in [-0.15, -0.1) is 0 Å². The minimum atomic E-state index is -0.198. The van der Waals surface area contributed by atoms with Crippen molar-refractivity contribution in [3.63, 3.8) is 0 Å². The normalized spacial score (nSPS) is 20.9. The van der Waals surface area contributed by atoms with Crippen LogP contribution in [0.4, 0.5) is 5.69 Å². The standard InChI is InChI=1S/C23H27N3O3/c1-15-9-10-20-19(14-15)26(23(28)17-7-5-12-24-22(17)29-20)13-11-21(27)25-18-8-4-3-6-16(18)2/h5,7,9-10,12,14,16,18H,3-4,6,8,11,13H2,1-2H3,(H,25,27). The van der Waals surface area contributed by atoms with Gasteiger partial charge in [-0.05, 0) is 55.5 Å². The fourth-order valence-electron chi connectivity index (χ4n) is 4.16. The molecule has 29 heavy (non-hydrogen) atoms. The fourth-order valence-corrected chi connectivity index (χ4v) is 4.16. The molecule has 2 heterocycles. The highest BCUT2D eigenvalue weighted by Crippen LogP contribution is 2.38. The van der Waals surface area contributed by atoms with Crippen molar-refractivity contribution in [2.45, 2.75) is 52.0 Å². The predicted octanol–water partition coefficient (Wildman–Crippen LogP) is 4.23. The van der Waals surface area contributed by atoms with Crippen molar-refractivity contribution in [3.05, 3.63) is 47.7 Å². The van der Waals surface area contributed by atoms with E-state index in [1.807, 2.05) is 25.1 Å². The number of benzene rings is 1. The molecule has 1 aliphatic heterocycles. The van der Waals surface area contributed by atoms with Crippen LogP contribution < -0.4 is 15.0 Å². The molecule has 4 rings (SSSR count). The van der Waals surface area contributed by atoms with Crippen LogP contribution in [0, 0.1) is 12.8 Å². The first kappa shape index (κ1) is 19.4. The molecular formula is C23H27N3O3. The van der Waals surface area contributed by atoms with Crippen LogP contribution in [-0.2, 0) is 4.79 Å². The molecule has 6 heteroatoms. The van der Waals surface area contributed by atoms with Gasteiger partial charge in [-0.3, -0.25) is 9.59 Å². The summed E-state index contributed by atoms with van der Waals surface area (Å²) in [6.45, 7) is 4.46. The number of pyridine rings is 1. The Kier molecular flexibility index (Phi) is 5.51. The van der Waals surface area contributed by atoms with E-state index in [2.05, 4.69) is 17.2 Å². The fraction of sp³-hybridized carbons (Fsp3) is 0.435. The minimum absolute atomic E-state index is 0.0117. The number of anilines is 1. The monoisotopic (exact) mass is 393 g/mol. The van der Waals surface area contributed by atoms with Crippen molar-refractivity contribution in [2.24, 2.45) is 5.92 Å². The van der Waals surface area contributed by atoms with E-state index in [1.165, 1.54) is 6.42 Å². The topological polar surface area (TPSA) is 71.5 Å². The molecule has 2 unspecified atom stereocenters. The lowest BCUT2D eigenvalue weighted by molar-refractivity contribution is -0.122. The summed E-state index contributed by atoms with van der Waals surface area (Å²) in [7, 11) is 0. The zero-order chi connectivity index (χ0) is 20.4. The van der Waals surface area contributed by atoms with Gasteiger partial charge in [0.1, 0.15) is 5.56 Å². The Balaban J connectivity index is 1.54. The Bertz CT molecular complexity index is 927. The molecule has 2 aromatic rings. The smallest absolute Gasteiger partial charge is 0.263 e. The third-order valence-electron chi connectivity index (χ3n) is 5.88. The van der Waals surface area contributed by atoms with Gasteiger partial charge < -0.3 is 15.0 Å². The number of nitrogens with one attached hydrogen (secondary N) is 1. The molecule has 0 bridgehead atoms. The molecule has 1 aromatic carbocycles. The van der Waals surface area contributed by atoms with Gasteiger partial charge in [-0.2, -0.15) is 0 Å². The first-order valence-electron chi connectivity index (χ1n) is 10.4. The Morgan fingerprint density at radius 3 is 2.93 bits per heavy atom. The minimum Gasteiger partial charge on any atom is -0.436 e. The number of aryl methyl sites for hydroxylation is 1. The van der Waals surface area contributed by atoms with E-state index in [-0.39, 0.29) is 24.3 Å². The van der Waals surface area contributed by atoms with Crippen molar-refractivity contribution in [1.82, 2.24) is 10.3 Å². The number of fused-ring (bicyclic) bond motifs is 2. The summed E-state index contributed by atoms with van der Waals surface area (Å²) in [6.07, 6.45) is 6.44. The summed E-state index contributed by atoms with van der Waals surface area (Å²) in [4.78, 5) is 31.7. The average Bonchev–Trinajstić information content (AvgIpc) is 2.82. The van der Waals surface area contributed by atoms with E-state index in [0.717, 1.165) is 24.8 Å². The maximum absolute atomic E-state index is 13.2. The quantitative estimate of drug-likeness (QED) is 0.844. The molecule has 1 fully saturated rings. The molecule has 152 valence electrons. The number of aromatic nitrogens is 1. The SMILES string of the molecule is Cc1ccc2c(c1)N(CCC(=O)NC1CCCCC1C)C(=O)c1cccnc1O2. The van der Waals surface area contributed by atoms with Crippen LogP contribution in [0.2, 0.25) is 0 Å². The molecule has 0 saturated heterocycles. The number of hydrogen-bond acceptors (Lipinski definition) is 4. The van der Waals surface area contributed by atoms with E-state index in [9.17, 15) is 9.59 Å². The average molecular weight is 393 g/mol. The summed E-state index contributed by atoms with van der Waals surface area (Å²) >= 11 is 0.